The van der Waals surface area contributed by atoms with Crippen molar-refractivity contribution >= 4 is 20.4 Å². The van der Waals surface area contributed by atoms with E-state index in [1.54, 1.807) is 13.8 Å². The fourth-order valence-electron chi connectivity index (χ4n) is 1.80. The van der Waals surface area contributed by atoms with Crippen LogP contribution in [0.1, 0.15) is 41.5 Å². The van der Waals surface area contributed by atoms with Crippen LogP contribution < -0.4 is 0 Å². The van der Waals surface area contributed by atoms with Crippen molar-refractivity contribution in [2.24, 2.45) is 0 Å². The lowest BCUT2D eigenvalue weighted by Gasteiger charge is -2.36. The Kier molecular flexibility index (Phi) is 12.0. The molecule has 0 aliphatic carbocycles. The first kappa shape index (κ1) is 26.4. The van der Waals surface area contributed by atoms with E-state index < -0.39 is 44.8 Å². The normalized spacial score (nSPS) is 16.5. The van der Waals surface area contributed by atoms with E-state index in [2.05, 4.69) is 13.2 Å². The molecule has 10 heteroatoms. The molecule has 9 nitrogen and oxygen atoms in total. The third-order valence-corrected chi connectivity index (χ3v) is 3.69. The Bertz CT molecular complexity index is 577. The summed E-state index contributed by atoms with van der Waals surface area (Å²) in [6.07, 6.45) is -3.65. The van der Waals surface area contributed by atoms with Crippen LogP contribution >= 0.6 is 8.46 Å². The maximum Gasteiger partial charge on any atom is 0.335 e. The van der Waals surface area contributed by atoms with E-state index in [0.717, 1.165) is 0 Å². The molecule has 0 saturated carbocycles. The second-order valence-electron chi connectivity index (χ2n) is 5.70. The van der Waals surface area contributed by atoms with E-state index in [9.17, 15) is 14.2 Å². The first-order chi connectivity index (χ1) is 13.0. The topological polar surface area (TPSA) is 107 Å². The number of hydrogen-bond donors (Lipinski definition) is 0. The summed E-state index contributed by atoms with van der Waals surface area (Å²) in [4.78, 5) is 23.4. The third kappa shape index (κ3) is 8.58. The second kappa shape index (κ2) is 12.7. The van der Waals surface area contributed by atoms with Gasteiger partial charge in [0.05, 0.1) is 0 Å². The van der Waals surface area contributed by atoms with Crippen molar-refractivity contribution in [3.63, 3.8) is 0 Å². The molecule has 0 aromatic heterocycles. The fraction of sp³-hybridized carbons (Fsp3) is 0.667. The molecule has 0 aromatic rings. The summed E-state index contributed by atoms with van der Waals surface area (Å²) in [5.74, 6) is -1.37. The van der Waals surface area contributed by atoms with Crippen LogP contribution in [0.3, 0.4) is 0 Å². The molecule has 0 fully saturated rings. The number of carbonyl (C=O) groups is 2. The molecule has 0 aliphatic heterocycles. The van der Waals surface area contributed by atoms with Gasteiger partial charge in [0.15, 0.2) is 0 Å². The predicted octanol–water partition coefficient (Wildman–Crippen LogP) is 3.29. The van der Waals surface area contributed by atoms with E-state index in [1.807, 2.05) is 0 Å². The largest absolute Gasteiger partial charge is 0.433 e. The molecule has 0 spiro atoms. The number of rotatable bonds is 14. The van der Waals surface area contributed by atoms with Gasteiger partial charge in [-0.3, -0.25) is 9.30 Å². The molecule has 4 atom stereocenters. The Hall–Kier alpha value is -1.64. The van der Waals surface area contributed by atoms with E-state index >= 15 is 0 Å². The van der Waals surface area contributed by atoms with Gasteiger partial charge in [-0.2, -0.15) is 0 Å². The zero-order valence-electron chi connectivity index (χ0n) is 17.2. The highest BCUT2D eigenvalue weighted by molar-refractivity contribution is 7.25. The van der Waals surface area contributed by atoms with Crippen molar-refractivity contribution < 1.29 is 42.6 Å². The molecule has 0 radical (unpaired) electrons. The summed E-state index contributed by atoms with van der Waals surface area (Å²) in [6.45, 7) is 16.3. The Labute approximate surface area is 167 Å². The molecular weight excluding hydrogens is 391 g/mol. The maximum absolute atomic E-state index is 12.0. The minimum atomic E-state index is -1.98. The lowest BCUT2D eigenvalue weighted by Crippen LogP contribution is -2.49. The molecular formula is C18H29O9P. The van der Waals surface area contributed by atoms with Gasteiger partial charge in [-0.25, -0.2) is 9.59 Å². The average Bonchev–Trinajstić information content (AvgIpc) is 2.60. The van der Waals surface area contributed by atoms with E-state index in [-0.39, 0.29) is 24.4 Å². The Morgan fingerprint density at radius 1 is 0.964 bits per heavy atom. The van der Waals surface area contributed by atoms with Gasteiger partial charge < -0.3 is 23.7 Å². The SMILES string of the molecule is C=C(C)C(=O)OC(C)OC(OCC)C(OCC)(OC(C)OC(=O)C(=C)C)P=O. The van der Waals surface area contributed by atoms with Gasteiger partial charge in [-0.15, -0.1) is 0 Å². The van der Waals surface area contributed by atoms with E-state index in [0.29, 0.717) is 0 Å². The van der Waals surface area contributed by atoms with E-state index in [1.165, 1.54) is 27.7 Å². The van der Waals surface area contributed by atoms with Crippen molar-refractivity contribution in [3.05, 3.63) is 24.3 Å². The van der Waals surface area contributed by atoms with Crippen molar-refractivity contribution in [1.82, 2.24) is 0 Å². The zero-order valence-corrected chi connectivity index (χ0v) is 18.1. The van der Waals surface area contributed by atoms with Gasteiger partial charge >= 0.3 is 17.5 Å². The van der Waals surface area contributed by atoms with Gasteiger partial charge in [-0.1, -0.05) is 13.2 Å². The molecule has 0 heterocycles. The van der Waals surface area contributed by atoms with Crippen molar-refractivity contribution in [3.8, 4) is 0 Å². The van der Waals surface area contributed by atoms with Crippen LogP contribution in [-0.2, 0) is 42.6 Å². The highest BCUT2D eigenvalue weighted by Gasteiger charge is 2.48. The first-order valence-electron chi connectivity index (χ1n) is 8.69. The van der Waals surface area contributed by atoms with E-state index in [4.69, 9.17) is 28.4 Å². The monoisotopic (exact) mass is 420 g/mol. The van der Waals surface area contributed by atoms with Gasteiger partial charge in [-0.05, 0) is 41.5 Å². The van der Waals surface area contributed by atoms with Crippen molar-refractivity contribution in [2.75, 3.05) is 13.2 Å². The molecule has 0 aromatic carbocycles. The molecule has 160 valence electrons. The molecule has 0 saturated heterocycles. The summed E-state index contributed by atoms with van der Waals surface area (Å²) in [6, 6.07) is 0. The third-order valence-electron chi connectivity index (χ3n) is 2.99. The Morgan fingerprint density at radius 2 is 1.46 bits per heavy atom. The highest BCUT2D eigenvalue weighted by atomic mass is 31.1. The summed E-state index contributed by atoms with van der Waals surface area (Å²) in [7, 11) is -0.660. The Morgan fingerprint density at radius 3 is 1.86 bits per heavy atom. The number of esters is 2. The quantitative estimate of drug-likeness (QED) is 0.181. The van der Waals surface area contributed by atoms with Gasteiger partial charge in [0.25, 0.3) is 0 Å². The lowest BCUT2D eigenvalue weighted by atomic mass is 10.4. The molecule has 0 aliphatic rings. The Balaban J connectivity index is 5.51. The summed E-state index contributed by atoms with van der Waals surface area (Å²) < 4.78 is 44.2. The lowest BCUT2D eigenvalue weighted by molar-refractivity contribution is -0.359. The summed E-state index contributed by atoms with van der Waals surface area (Å²) >= 11 is 0. The maximum atomic E-state index is 12.0. The minimum absolute atomic E-state index is 0.0727. The summed E-state index contributed by atoms with van der Waals surface area (Å²) in [5.41, 5.74) is -1.64. The highest BCUT2D eigenvalue weighted by Crippen LogP contribution is 2.35. The molecule has 0 N–H and O–H groups in total. The molecule has 4 unspecified atom stereocenters. The molecule has 0 rings (SSSR count). The van der Waals surface area contributed by atoms with Crippen LogP contribution in [0, 0.1) is 0 Å². The van der Waals surface area contributed by atoms with Gasteiger partial charge in [0, 0.05) is 24.4 Å². The molecule has 0 amide bonds. The smallest absolute Gasteiger partial charge is 0.335 e. The number of hydrogen-bond acceptors (Lipinski definition) is 9. The minimum Gasteiger partial charge on any atom is -0.433 e. The van der Waals surface area contributed by atoms with Crippen LogP contribution in [0.15, 0.2) is 24.3 Å². The standard InChI is InChI=1S/C18H29O9P/c1-9-22-17(26-13(7)24-15(19)11(3)4)18(28-21,23-10-2)27-14(8)25-16(20)12(5)6/h13-14,17H,3,5,9-10H2,1-2,4,6-8H3. The van der Waals surface area contributed by atoms with Gasteiger partial charge in [0.1, 0.15) is 0 Å². The average molecular weight is 420 g/mol. The zero-order chi connectivity index (χ0) is 21.9. The number of ether oxygens (including phenoxy) is 6. The van der Waals surface area contributed by atoms with Crippen LogP contribution in [-0.4, -0.2) is 49.6 Å². The van der Waals surface area contributed by atoms with Crippen molar-refractivity contribution in [1.29, 1.82) is 0 Å². The van der Waals surface area contributed by atoms with Crippen LogP contribution in [0.4, 0.5) is 0 Å². The van der Waals surface area contributed by atoms with Crippen LogP contribution in [0.5, 0.6) is 0 Å². The first-order valence-corrected chi connectivity index (χ1v) is 9.50. The second-order valence-corrected chi connectivity index (χ2v) is 6.51. The van der Waals surface area contributed by atoms with Crippen LogP contribution in [0.25, 0.3) is 0 Å². The summed E-state index contributed by atoms with van der Waals surface area (Å²) in [5, 5.41) is 0. The molecule has 0 bridgehead atoms. The number of carbonyl (C=O) groups excluding carboxylic acids is 2. The van der Waals surface area contributed by atoms with Crippen LogP contribution in [0.2, 0.25) is 0 Å². The molecule has 28 heavy (non-hydrogen) atoms. The van der Waals surface area contributed by atoms with Crippen molar-refractivity contribution in [2.45, 2.75) is 65.9 Å². The fourth-order valence-corrected chi connectivity index (χ4v) is 2.40. The van der Waals surface area contributed by atoms with Gasteiger partial charge in [0.2, 0.25) is 27.3 Å². The predicted molar refractivity (Wildman–Crippen MR) is 100 cm³/mol.